The van der Waals surface area contributed by atoms with E-state index >= 15 is 0 Å². The molecule has 4 nitrogen and oxygen atoms in total. The maximum absolute atomic E-state index is 13.6. The number of carbonyl (C=O) groups is 1. The lowest BCUT2D eigenvalue weighted by atomic mass is 9.82. The summed E-state index contributed by atoms with van der Waals surface area (Å²) in [5.41, 5.74) is -0.0470. The third-order valence-corrected chi connectivity index (χ3v) is 4.88. The summed E-state index contributed by atoms with van der Waals surface area (Å²) in [6.45, 7) is 1.80. The van der Waals surface area contributed by atoms with Crippen LogP contribution in [0.3, 0.4) is 0 Å². The van der Waals surface area contributed by atoms with Crippen LogP contribution in [0.15, 0.2) is 24.3 Å². The maximum atomic E-state index is 13.6. The van der Waals surface area contributed by atoms with Crippen LogP contribution in [-0.4, -0.2) is 47.3 Å². The molecule has 0 bridgehead atoms. The Kier molecular flexibility index (Phi) is 4.45. The van der Waals surface area contributed by atoms with Gasteiger partial charge in [0.05, 0.1) is 18.1 Å². The number of rotatable bonds is 2. The predicted octanol–water partition coefficient (Wildman–Crippen LogP) is 1.90. The molecule has 0 unspecified atom stereocenters. The number of halogens is 1. The summed E-state index contributed by atoms with van der Waals surface area (Å²) in [5, 5.41) is 10.2. The van der Waals surface area contributed by atoms with E-state index in [-0.39, 0.29) is 18.1 Å². The lowest BCUT2D eigenvalue weighted by Crippen LogP contribution is -2.56. The average molecular weight is 307 g/mol. The van der Waals surface area contributed by atoms with Crippen LogP contribution in [0.25, 0.3) is 0 Å². The lowest BCUT2D eigenvalue weighted by Gasteiger charge is -2.46. The molecule has 2 aliphatic heterocycles. The van der Waals surface area contributed by atoms with Gasteiger partial charge < -0.3 is 14.7 Å². The molecule has 1 aromatic carbocycles. The molecule has 1 amide bonds. The molecule has 2 saturated heterocycles. The summed E-state index contributed by atoms with van der Waals surface area (Å²) in [7, 11) is 0. The van der Waals surface area contributed by atoms with Gasteiger partial charge in [-0.2, -0.15) is 0 Å². The van der Waals surface area contributed by atoms with E-state index in [1.165, 1.54) is 6.07 Å². The number of aliphatic hydroxyl groups is 1. The second-order valence-electron chi connectivity index (χ2n) is 6.22. The zero-order valence-electron chi connectivity index (χ0n) is 12.6. The first-order chi connectivity index (χ1) is 10.6. The molecule has 5 heteroatoms. The van der Waals surface area contributed by atoms with E-state index < -0.39 is 11.7 Å². The van der Waals surface area contributed by atoms with Crippen molar-refractivity contribution in [3.63, 3.8) is 0 Å². The second-order valence-corrected chi connectivity index (χ2v) is 6.22. The fourth-order valence-electron chi connectivity index (χ4n) is 3.44. The highest BCUT2D eigenvalue weighted by molar-refractivity contribution is 5.79. The summed E-state index contributed by atoms with van der Waals surface area (Å²) >= 11 is 0. The summed E-state index contributed by atoms with van der Waals surface area (Å²) in [4.78, 5) is 14.1. The van der Waals surface area contributed by atoms with Crippen molar-refractivity contribution >= 4 is 5.91 Å². The fraction of sp³-hybridized carbons (Fsp3) is 0.588. The van der Waals surface area contributed by atoms with Crippen LogP contribution in [-0.2, 0) is 16.0 Å². The van der Waals surface area contributed by atoms with Crippen molar-refractivity contribution in [1.29, 1.82) is 0 Å². The maximum Gasteiger partial charge on any atom is 0.227 e. The molecular formula is C17H22FNO3. The largest absolute Gasteiger partial charge is 0.390 e. The molecule has 22 heavy (non-hydrogen) atoms. The number of aliphatic hydroxyl groups excluding tert-OH is 1. The van der Waals surface area contributed by atoms with Gasteiger partial charge in [0.25, 0.3) is 0 Å². The predicted molar refractivity (Wildman–Crippen MR) is 79.8 cm³/mol. The molecule has 3 rings (SSSR count). The Labute approximate surface area is 129 Å². The van der Waals surface area contributed by atoms with Crippen molar-refractivity contribution in [2.45, 2.75) is 43.8 Å². The van der Waals surface area contributed by atoms with Crippen LogP contribution in [0.4, 0.5) is 4.39 Å². The minimum Gasteiger partial charge on any atom is -0.390 e. The van der Waals surface area contributed by atoms with Crippen molar-refractivity contribution in [3.05, 3.63) is 35.6 Å². The van der Waals surface area contributed by atoms with Gasteiger partial charge in [0.15, 0.2) is 0 Å². The number of carbonyl (C=O) groups excluding carboxylic acids is 1. The molecular weight excluding hydrogens is 285 g/mol. The van der Waals surface area contributed by atoms with Crippen molar-refractivity contribution in [3.8, 4) is 0 Å². The molecule has 1 N–H and O–H groups in total. The Bertz CT molecular complexity index is 540. The van der Waals surface area contributed by atoms with E-state index in [2.05, 4.69) is 0 Å². The number of amides is 1. The number of benzene rings is 1. The van der Waals surface area contributed by atoms with Gasteiger partial charge in [0, 0.05) is 19.7 Å². The monoisotopic (exact) mass is 307 g/mol. The third-order valence-electron chi connectivity index (χ3n) is 4.88. The Morgan fingerprint density at radius 2 is 2.09 bits per heavy atom. The van der Waals surface area contributed by atoms with Crippen molar-refractivity contribution in [2.24, 2.45) is 0 Å². The highest BCUT2D eigenvalue weighted by Crippen LogP contribution is 2.35. The van der Waals surface area contributed by atoms with Gasteiger partial charge in [-0.15, -0.1) is 0 Å². The highest BCUT2D eigenvalue weighted by atomic mass is 19.1. The van der Waals surface area contributed by atoms with Crippen LogP contribution in [0, 0.1) is 5.82 Å². The molecule has 0 aliphatic carbocycles. The van der Waals surface area contributed by atoms with Gasteiger partial charge >= 0.3 is 0 Å². The summed E-state index contributed by atoms with van der Waals surface area (Å²) in [6.07, 6.45) is 2.60. The van der Waals surface area contributed by atoms with E-state index in [1.807, 2.05) is 0 Å². The minimum absolute atomic E-state index is 0.0646. The highest BCUT2D eigenvalue weighted by Gasteiger charge is 2.44. The van der Waals surface area contributed by atoms with E-state index in [4.69, 9.17) is 4.74 Å². The molecule has 1 spiro atoms. The minimum atomic E-state index is -0.479. The normalized spacial score (nSPS) is 24.5. The summed E-state index contributed by atoms with van der Waals surface area (Å²) in [5.74, 6) is -0.402. The summed E-state index contributed by atoms with van der Waals surface area (Å²) < 4.78 is 19.5. The number of nitrogens with zero attached hydrogens (tertiary/aromatic N) is 1. The van der Waals surface area contributed by atoms with Crippen molar-refractivity contribution in [2.75, 3.05) is 19.7 Å². The SMILES string of the molecule is O=C(Cc1ccccc1F)N1CCC2(CC1)OCCC[C@H]2O. The topological polar surface area (TPSA) is 49.8 Å². The first kappa shape index (κ1) is 15.4. The molecule has 1 atom stereocenters. The first-order valence-corrected chi connectivity index (χ1v) is 7.94. The fourth-order valence-corrected chi connectivity index (χ4v) is 3.44. The lowest BCUT2D eigenvalue weighted by molar-refractivity contribution is -0.179. The zero-order chi connectivity index (χ0) is 15.6. The van der Waals surface area contributed by atoms with Crippen LogP contribution in [0.2, 0.25) is 0 Å². The van der Waals surface area contributed by atoms with Gasteiger partial charge in [0.2, 0.25) is 5.91 Å². The molecule has 0 radical (unpaired) electrons. The van der Waals surface area contributed by atoms with Crippen molar-refractivity contribution < 1.29 is 19.0 Å². The number of ether oxygens (including phenoxy) is 1. The number of likely N-dealkylation sites (tertiary alicyclic amines) is 1. The summed E-state index contributed by atoms with van der Waals surface area (Å²) in [6, 6.07) is 6.38. The van der Waals surface area contributed by atoms with Gasteiger partial charge in [-0.25, -0.2) is 4.39 Å². The van der Waals surface area contributed by atoms with Crippen molar-refractivity contribution in [1.82, 2.24) is 4.90 Å². The Morgan fingerprint density at radius 3 is 2.77 bits per heavy atom. The van der Waals surface area contributed by atoms with E-state index in [1.54, 1.807) is 23.1 Å². The van der Waals surface area contributed by atoms with E-state index in [0.717, 1.165) is 12.8 Å². The Morgan fingerprint density at radius 1 is 1.36 bits per heavy atom. The standard InChI is InChI=1S/C17H22FNO3/c18-14-5-2-1-4-13(14)12-16(21)19-9-7-17(8-10-19)15(20)6-3-11-22-17/h1-2,4-5,15,20H,3,6-12H2/t15-/m1/s1. The van der Waals surface area contributed by atoms with E-state index in [0.29, 0.717) is 38.1 Å². The van der Waals surface area contributed by atoms with Gasteiger partial charge in [0.1, 0.15) is 5.82 Å². The molecule has 2 heterocycles. The van der Waals surface area contributed by atoms with Gasteiger partial charge in [-0.05, 0) is 37.3 Å². The molecule has 2 aliphatic rings. The van der Waals surface area contributed by atoms with E-state index in [9.17, 15) is 14.3 Å². The third kappa shape index (κ3) is 3.01. The molecule has 120 valence electrons. The smallest absolute Gasteiger partial charge is 0.227 e. The first-order valence-electron chi connectivity index (χ1n) is 7.94. The van der Waals surface area contributed by atoms with Crippen LogP contribution < -0.4 is 0 Å². The number of hydrogen-bond donors (Lipinski definition) is 1. The van der Waals surface area contributed by atoms with Crippen LogP contribution in [0.1, 0.15) is 31.2 Å². The van der Waals surface area contributed by atoms with Crippen LogP contribution >= 0.6 is 0 Å². The zero-order valence-corrected chi connectivity index (χ0v) is 12.6. The Hall–Kier alpha value is -1.46. The van der Waals surface area contributed by atoms with Gasteiger partial charge in [-0.1, -0.05) is 18.2 Å². The number of hydrogen-bond acceptors (Lipinski definition) is 3. The van der Waals surface area contributed by atoms with Crippen LogP contribution in [0.5, 0.6) is 0 Å². The molecule has 1 aromatic rings. The Balaban J connectivity index is 1.59. The number of piperidine rings is 1. The quantitative estimate of drug-likeness (QED) is 0.908. The second kappa shape index (κ2) is 6.34. The average Bonchev–Trinajstić information content (AvgIpc) is 2.53. The molecule has 2 fully saturated rings. The molecule has 0 saturated carbocycles. The molecule has 0 aromatic heterocycles. The van der Waals surface area contributed by atoms with Gasteiger partial charge in [-0.3, -0.25) is 4.79 Å².